The van der Waals surface area contributed by atoms with Crippen molar-refractivity contribution in [3.63, 3.8) is 0 Å². The van der Waals surface area contributed by atoms with Gasteiger partial charge in [-0.1, -0.05) is 24.4 Å². The summed E-state index contributed by atoms with van der Waals surface area (Å²) in [5, 5.41) is 1.88. The van der Waals surface area contributed by atoms with Crippen molar-refractivity contribution in [2.75, 3.05) is 0 Å². The Morgan fingerprint density at radius 2 is 2.00 bits per heavy atom. The fourth-order valence-corrected chi connectivity index (χ4v) is 2.11. The van der Waals surface area contributed by atoms with Crippen molar-refractivity contribution < 1.29 is 4.42 Å². The van der Waals surface area contributed by atoms with Gasteiger partial charge in [0.05, 0.1) is 9.90 Å². The number of nitrogens with zero attached hydrogens (tertiary/aromatic N) is 1. The summed E-state index contributed by atoms with van der Waals surface area (Å²) >= 11 is 5.46. The Morgan fingerprint density at radius 3 is 2.88 bits per heavy atom. The highest BCUT2D eigenvalue weighted by atomic mass is 32.1. The number of aromatic nitrogens is 1. The van der Waals surface area contributed by atoms with Gasteiger partial charge < -0.3 is 4.42 Å². The normalized spacial score (nSPS) is 11.1. The predicted molar refractivity (Wildman–Crippen MR) is 67.1 cm³/mol. The molecule has 3 heteroatoms. The molecule has 0 saturated carbocycles. The zero-order chi connectivity index (χ0) is 11.1. The third-order valence-corrected chi connectivity index (χ3v) is 3.01. The number of hydrogen-bond donors (Lipinski definition) is 0. The zero-order valence-electron chi connectivity index (χ0n) is 8.73. The van der Waals surface area contributed by atoms with Gasteiger partial charge in [0.15, 0.2) is 0 Å². The van der Waals surface area contributed by atoms with E-state index in [2.05, 4.69) is 4.98 Å². The minimum Gasteiger partial charge on any atom is -0.438 e. The number of benzene rings is 1. The summed E-state index contributed by atoms with van der Waals surface area (Å²) in [6, 6.07) is 9.79. The number of rotatable bonds is 0. The van der Waals surface area contributed by atoms with Crippen LogP contribution in [0, 0.1) is 11.4 Å². The van der Waals surface area contributed by atoms with Gasteiger partial charge >= 0.3 is 0 Å². The second-order valence-corrected chi connectivity index (χ2v) is 4.20. The van der Waals surface area contributed by atoms with Crippen molar-refractivity contribution in [3.05, 3.63) is 46.6 Å². The van der Waals surface area contributed by atoms with Gasteiger partial charge in [0, 0.05) is 11.6 Å². The van der Waals surface area contributed by atoms with E-state index in [1.165, 1.54) is 0 Å². The molecule has 1 aromatic carbocycles. The minimum atomic E-state index is 0.606. The molecule has 2 aromatic heterocycles. The SMILES string of the molecule is Cc1cnc2oc3ccccc3c(=S)c2c1. The van der Waals surface area contributed by atoms with Gasteiger partial charge in [0.1, 0.15) is 5.58 Å². The van der Waals surface area contributed by atoms with Crippen LogP contribution in [0.15, 0.2) is 40.9 Å². The standard InChI is InChI=1S/C13H9NOS/c1-8-6-10-12(16)9-4-2-3-5-11(9)15-13(10)14-7-8/h2-7H,1H3. The molecule has 2 nitrogen and oxygen atoms in total. The Balaban J connectivity index is 2.61. The molecular formula is C13H9NOS. The van der Waals surface area contributed by atoms with Crippen LogP contribution < -0.4 is 0 Å². The molecule has 0 atom stereocenters. The lowest BCUT2D eigenvalue weighted by atomic mass is 10.2. The van der Waals surface area contributed by atoms with E-state index < -0.39 is 0 Å². The number of pyridine rings is 1. The van der Waals surface area contributed by atoms with Crippen LogP contribution in [-0.4, -0.2) is 4.98 Å². The van der Waals surface area contributed by atoms with Crippen molar-refractivity contribution in [2.24, 2.45) is 0 Å². The maximum Gasteiger partial charge on any atom is 0.228 e. The van der Waals surface area contributed by atoms with Crippen LogP contribution >= 0.6 is 12.2 Å². The third kappa shape index (κ3) is 1.32. The lowest BCUT2D eigenvalue weighted by Gasteiger charge is -2.02. The summed E-state index contributed by atoms with van der Waals surface area (Å²) in [5.74, 6) is 0. The minimum absolute atomic E-state index is 0.606. The largest absolute Gasteiger partial charge is 0.438 e. The van der Waals surface area contributed by atoms with Crippen LogP contribution in [0.3, 0.4) is 0 Å². The highest BCUT2D eigenvalue weighted by molar-refractivity contribution is 7.72. The van der Waals surface area contributed by atoms with Gasteiger partial charge in [-0.15, -0.1) is 0 Å². The van der Waals surface area contributed by atoms with Gasteiger partial charge in [0.2, 0.25) is 5.71 Å². The van der Waals surface area contributed by atoms with E-state index in [1.54, 1.807) is 6.20 Å². The first kappa shape index (κ1) is 9.48. The van der Waals surface area contributed by atoms with Gasteiger partial charge in [-0.05, 0) is 30.7 Å². The molecule has 0 N–H and O–H groups in total. The van der Waals surface area contributed by atoms with Crippen LogP contribution in [0.4, 0.5) is 0 Å². The summed E-state index contributed by atoms with van der Waals surface area (Å²) in [4.78, 5) is 4.26. The second kappa shape index (κ2) is 3.39. The molecule has 78 valence electrons. The van der Waals surface area contributed by atoms with Gasteiger partial charge in [-0.2, -0.15) is 0 Å². The predicted octanol–water partition coefficient (Wildman–Crippen LogP) is 4.02. The molecule has 0 bridgehead atoms. The van der Waals surface area contributed by atoms with E-state index in [1.807, 2.05) is 37.3 Å². The van der Waals surface area contributed by atoms with Crippen molar-refractivity contribution in [2.45, 2.75) is 6.92 Å². The molecule has 0 aliphatic rings. The summed E-state index contributed by atoms with van der Waals surface area (Å²) in [6.45, 7) is 2.00. The first-order valence-electron chi connectivity index (χ1n) is 5.04. The second-order valence-electron chi connectivity index (χ2n) is 3.79. The topological polar surface area (TPSA) is 26.0 Å². The quantitative estimate of drug-likeness (QED) is 0.428. The molecule has 3 rings (SSSR count). The van der Waals surface area contributed by atoms with E-state index in [9.17, 15) is 0 Å². The van der Waals surface area contributed by atoms with E-state index in [-0.39, 0.29) is 0 Å². The lowest BCUT2D eigenvalue weighted by molar-refractivity contribution is 0.645. The number of fused-ring (bicyclic) bond motifs is 2. The number of hydrogen-bond acceptors (Lipinski definition) is 3. The fourth-order valence-electron chi connectivity index (χ4n) is 1.79. The van der Waals surface area contributed by atoms with Crippen LogP contribution in [0.25, 0.3) is 22.1 Å². The lowest BCUT2D eigenvalue weighted by Crippen LogP contribution is -1.83. The monoisotopic (exact) mass is 227 g/mol. The third-order valence-electron chi connectivity index (χ3n) is 2.57. The highest BCUT2D eigenvalue weighted by Crippen LogP contribution is 2.24. The van der Waals surface area contributed by atoms with E-state index >= 15 is 0 Å². The van der Waals surface area contributed by atoms with Gasteiger partial charge in [-0.25, -0.2) is 4.98 Å². The molecule has 2 heterocycles. The molecule has 0 fully saturated rings. The molecule has 0 aliphatic carbocycles. The van der Waals surface area contributed by atoms with E-state index in [0.717, 1.165) is 26.4 Å². The molecule has 0 radical (unpaired) electrons. The molecule has 0 unspecified atom stereocenters. The average molecular weight is 227 g/mol. The summed E-state index contributed by atoms with van der Waals surface area (Å²) in [5.41, 5.74) is 2.48. The molecule has 16 heavy (non-hydrogen) atoms. The Bertz CT molecular complexity index is 746. The van der Waals surface area contributed by atoms with Crippen molar-refractivity contribution in [1.29, 1.82) is 0 Å². The molecule has 0 amide bonds. The molecule has 0 saturated heterocycles. The summed E-state index contributed by atoms with van der Waals surface area (Å²) in [6.07, 6.45) is 1.79. The van der Waals surface area contributed by atoms with Crippen molar-refractivity contribution in [3.8, 4) is 0 Å². The molecule has 3 aromatic rings. The van der Waals surface area contributed by atoms with Crippen LogP contribution in [-0.2, 0) is 0 Å². The Labute approximate surface area is 97.5 Å². The zero-order valence-corrected chi connectivity index (χ0v) is 9.54. The van der Waals surface area contributed by atoms with Gasteiger partial charge in [0.25, 0.3) is 0 Å². The molecular weight excluding hydrogens is 218 g/mol. The van der Waals surface area contributed by atoms with Crippen molar-refractivity contribution in [1.82, 2.24) is 4.98 Å². The summed E-state index contributed by atoms with van der Waals surface area (Å²) < 4.78 is 6.52. The number of para-hydroxylation sites is 1. The number of aryl methyl sites for hydroxylation is 1. The van der Waals surface area contributed by atoms with Crippen molar-refractivity contribution >= 4 is 34.3 Å². The van der Waals surface area contributed by atoms with Crippen LogP contribution in [0.2, 0.25) is 0 Å². The van der Waals surface area contributed by atoms with Crippen LogP contribution in [0.1, 0.15) is 5.56 Å². The molecule has 0 aliphatic heterocycles. The smallest absolute Gasteiger partial charge is 0.228 e. The van der Waals surface area contributed by atoms with Gasteiger partial charge in [-0.3, -0.25) is 0 Å². The highest BCUT2D eigenvalue weighted by Gasteiger charge is 2.04. The summed E-state index contributed by atoms with van der Waals surface area (Å²) in [7, 11) is 0. The first-order chi connectivity index (χ1) is 7.75. The Morgan fingerprint density at radius 1 is 1.19 bits per heavy atom. The van der Waals surface area contributed by atoms with E-state index in [4.69, 9.17) is 16.6 Å². The average Bonchev–Trinajstić information content (AvgIpc) is 2.31. The van der Waals surface area contributed by atoms with Crippen LogP contribution in [0.5, 0.6) is 0 Å². The Kier molecular flexibility index (Phi) is 2.01. The molecule has 0 spiro atoms. The van der Waals surface area contributed by atoms with E-state index in [0.29, 0.717) is 5.71 Å². The maximum absolute atomic E-state index is 5.70. The fraction of sp³-hybridized carbons (Fsp3) is 0.0769. The maximum atomic E-state index is 5.70. The Hall–Kier alpha value is -1.74. The first-order valence-corrected chi connectivity index (χ1v) is 5.45.